The number of hydrogen-bond donors (Lipinski definition) is 0. The van der Waals surface area contributed by atoms with E-state index in [4.69, 9.17) is 0 Å². The van der Waals surface area contributed by atoms with Crippen LogP contribution in [0.1, 0.15) is 13.8 Å². The molecule has 0 atom stereocenters. The normalized spacial score (nSPS) is 16.5. The number of amides is 1. The van der Waals surface area contributed by atoms with Gasteiger partial charge in [0, 0.05) is 32.2 Å². The number of sulfonamides is 1. The molecule has 146 valence electrons. The predicted molar refractivity (Wildman–Crippen MR) is 104 cm³/mol. The van der Waals surface area contributed by atoms with Gasteiger partial charge in [-0.1, -0.05) is 6.07 Å². The fourth-order valence-electron chi connectivity index (χ4n) is 3.07. The smallest absolute Gasteiger partial charge is 0.267 e. The molecule has 3 rings (SSSR count). The average molecular weight is 411 g/mol. The highest BCUT2D eigenvalue weighted by Gasteiger charge is 2.38. The quantitative estimate of drug-likeness (QED) is 0.744. The lowest BCUT2D eigenvalue weighted by molar-refractivity contribution is -0.141. The van der Waals surface area contributed by atoms with Crippen LogP contribution in [-0.4, -0.2) is 65.7 Å². The van der Waals surface area contributed by atoms with E-state index in [0.717, 1.165) is 11.1 Å². The van der Waals surface area contributed by atoms with Gasteiger partial charge >= 0.3 is 0 Å². The maximum Gasteiger partial charge on any atom is 0.267 e. The highest BCUT2D eigenvalue weighted by Crippen LogP contribution is 2.23. The van der Waals surface area contributed by atoms with Crippen molar-refractivity contribution in [2.45, 2.75) is 19.4 Å². The Hall–Kier alpha value is -2.04. The molecule has 0 aromatic carbocycles. The summed E-state index contributed by atoms with van der Waals surface area (Å²) in [5.74, 6) is -0.256. The van der Waals surface area contributed by atoms with Gasteiger partial charge in [0.2, 0.25) is 15.9 Å². The van der Waals surface area contributed by atoms with Crippen molar-refractivity contribution in [2.24, 2.45) is 0 Å². The van der Waals surface area contributed by atoms with E-state index in [2.05, 4.69) is 5.10 Å². The number of carbonyl (C=O) groups excluding carboxylic acids is 1. The van der Waals surface area contributed by atoms with E-state index >= 15 is 0 Å². The predicted octanol–water partition coefficient (Wildman–Crippen LogP) is 0.811. The second kappa shape index (κ2) is 7.17. The Kier molecular flexibility index (Phi) is 5.24. The maximum atomic E-state index is 13.1. The van der Waals surface area contributed by atoms with E-state index in [-0.39, 0.29) is 37.6 Å². The van der Waals surface area contributed by atoms with Crippen LogP contribution in [0.15, 0.2) is 34.4 Å². The van der Waals surface area contributed by atoms with E-state index in [0.29, 0.717) is 5.69 Å². The Morgan fingerprint density at radius 3 is 2.37 bits per heavy atom. The third kappa shape index (κ3) is 3.97. The molecule has 0 spiro atoms. The minimum atomic E-state index is -3.27. The Balaban J connectivity index is 1.85. The Bertz CT molecular complexity index is 988. The number of thiophene rings is 1. The van der Waals surface area contributed by atoms with Crippen molar-refractivity contribution >= 4 is 27.3 Å². The molecule has 27 heavy (non-hydrogen) atoms. The van der Waals surface area contributed by atoms with Crippen molar-refractivity contribution in [2.75, 3.05) is 32.4 Å². The van der Waals surface area contributed by atoms with Crippen molar-refractivity contribution in [1.82, 2.24) is 19.0 Å². The monoisotopic (exact) mass is 410 g/mol. The summed E-state index contributed by atoms with van der Waals surface area (Å²) in [6, 6.07) is 6.87. The topological polar surface area (TPSA) is 92.6 Å². The van der Waals surface area contributed by atoms with E-state index in [1.54, 1.807) is 24.8 Å². The first-order chi connectivity index (χ1) is 12.6. The Labute approximate surface area is 162 Å². The van der Waals surface area contributed by atoms with Gasteiger partial charge in [-0.15, -0.1) is 11.3 Å². The van der Waals surface area contributed by atoms with Gasteiger partial charge in [0.25, 0.3) is 5.56 Å². The molecule has 2 aromatic heterocycles. The molecular formula is C17H22N4O4S2. The molecule has 10 heteroatoms. The fourth-order valence-corrected chi connectivity index (χ4v) is 4.58. The van der Waals surface area contributed by atoms with Crippen LogP contribution in [-0.2, 0) is 20.4 Å². The molecule has 8 nitrogen and oxygen atoms in total. The molecule has 0 N–H and O–H groups in total. The number of piperazine rings is 1. The van der Waals surface area contributed by atoms with E-state index in [1.807, 2.05) is 17.5 Å². The minimum Gasteiger partial charge on any atom is -0.338 e. The summed E-state index contributed by atoms with van der Waals surface area (Å²) in [7, 11) is -3.27. The van der Waals surface area contributed by atoms with Crippen LogP contribution in [0.4, 0.5) is 0 Å². The van der Waals surface area contributed by atoms with Gasteiger partial charge in [-0.25, -0.2) is 13.1 Å². The summed E-state index contributed by atoms with van der Waals surface area (Å²) in [4.78, 5) is 28.0. The lowest BCUT2D eigenvalue weighted by atomic mass is 10.0. The van der Waals surface area contributed by atoms with Crippen molar-refractivity contribution in [3.8, 4) is 10.6 Å². The van der Waals surface area contributed by atoms with Gasteiger partial charge in [-0.2, -0.15) is 9.40 Å². The van der Waals surface area contributed by atoms with E-state index in [1.165, 1.54) is 26.4 Å². The van der Waals surface area contributed by atoms with Crippen LogP contribution in [0.5, 0.6) is 0 Å². The number of nitrogens with zero attached hydrogens (tertiary/aromatic N) is 4. The Morgan fingerprint density at radius 1 is 1.15 bits per heavy atom. The first-order valence-corrected chi connectivity index (χ1v) is 11.2. The first-order valence-electron chi connectivity index (χ1n) is 8.50. The largest absolute Gasteiger partial charge is 0.338 e. The Morgan fingerprint density at radius 2 is 1.81 bits per heavy atom. The summed E-state index contributed by atoms with van der Waals surface area (Å²) in [5, 5.41) is 6.34. The van der Waals surface area contributed by atoms with Crippen LogP contribution in [0, 0.1) is 0 Å². The lowest BCUT2D eigenvalue weighted by Gasteiger charge is -2.37. The summed E-state index contributed by atoms with van der Waals surface area (Å²) < 4.78 is 25.9. The highest BCUT2D eigenvalue weighted by molar-refractivity contribution is 7.88. The number of hydrogen-bond acceptors (Lipinski definition) is 6. The summed E-state index contributed by atoms with van der Waals surface area (Å²) in [6.45, 7) is 4.38. The molecule has 2 aromatic rings. The first kappa shape index (κ1) is 19.7. The molecule has 0 saturated carbocycles. The lowest BCUT2D eigenvalue weighted by Crippen LogP contribution is -2.57. The second-order valence-electron chi connectivity index (χ2n) is 6.96. The van der Waals surface area contributed by atoms with Gasteiger partial charge in [0.15, 0.2) is 0 Å². The van der Waals surface area contributed by atoms with Crippen LogP contribution in [0.3, 0.4) is 0 Å². The van der Waals surface area contributed by atoms with Crippen molar-refractivity contribution in [3.05, 3.63) is 40.0 Å². The number of carbonyl (C=O) groups is 1. The van der Waals surface area contributed by atoms with Crippen molar-refractivity contribution < 1.29 is 13.2 Å². The molecule has 1 amide bonds. The molecule has 0 bridgehead atoms. The molecular weight excluding hydrogens is 388 g/mol. The third-order valence-corrected chi connectivity index (χ3v) is 6.82. The number of rotatable bonds is 4. The summed E-state index contributed by atoms with van der Waals surface area (Å²) >= 11 is 1.50. The second-order valence-corrected chi connectivity index (χ2v) is 9.89. The number of aromatic nitrogens is 2. The van der Waals surface area contributed by atoms with Crippen LogP contribution < -0.4 is 5.56 Å². The standard InChI is InChI=1S/C17H22N4O4S2/c1-17(2,16(23)19-8-10-20(11-9-19)27(3,24)25)21-15(22)7-6-13(18-21)14-5-4-12-26-14/h4-7,12H,8-11H2,1-3H3. The van der Waals surface area contributed by atoms with Crippen LogP contribution in [0.2, 0.25) is 0 Å². The third-order valence-electron chi connectivity index (χ3n) is 4.62. The van der Waals surface area contributed by atoms with Crippen LogP contribution >= 0.6 is 11.3 Å². The van der Waals surface area contributed by atoms with Gasteiger partial charge in [0.1, 0.15) is 11.2 Å². The summed E-state index contributed by atoms with van der Waals surface area (Å²) in [5.41, 5.74) is -0.909. The molecule has 1 aliphatic rings. The zero-order valence-corrected chi connectivity index (χ0v) is 17.1. The fraction of sp³-hybridized carbons (Fsp3) is 0.471. The van der Waals surface area contributed by atoms with Gasteiger partial charge in [-0.3, -0.25) is 9.59 Å². The van der Waals surface area contributed by atoms with Crippen molar-refractivity contribution in [1.29, 1.82) is 0 Å². The molecule has 0 aliphatic carbocycles. The van der Waals surface area contributed by atoms with Gasteiger partial charge < -0.3 is 4.90 Å². The molecule has 0 radical (unpaired) electrons. The van der Waals surface area contributed by atoms with Crippen LogP contribution in [0.25, 0.3) is 10.6 Å². The molecule has 1 saturated heterocycles. The minimum absolute atomic E-state index is 0.248. The SMILES string of the molecule is CC(C)(C(=O)N1CCN(S(C)(=O)=O)CC1)n1nc(-c2cccs2)ccc1=O. The molecule has 1 aliphatic heterocycles. The van der Waals surface area contributed by atoms with E-state index in [9.17, 15) is 18.0 Å². The zero-order valence-electron chi connectivity index (χ0n) is 15.5. The van der Waals surface area contributed by atoms with Gasteiger partial charge in [-0.05, 0) is 31.4 Å². The maximum absolute atomic E-state index is 13.1. The van der Waals surface area contributed by atoms with Gasteiger partial charge in [0.05, 0.1) is 11.1 Å². The average Bonchev–Trinajstić information content (AvgIpc) is 3.15. The zero-order chi connectivity index (χ0) is 19.8. The van der Waals surface area contributed by atoms with E-state index < -0.39 is 15.6 Å². The molecule has 0 unspecified atom stereocenters. The van der Waals surface area contributed by atoms with Crippen molar-refractivity contribution in [3.63, 3.8) is 0 Å². The highest BCUT2D eigenvalue weighted by atomic mass is 32.2. The molecule has 3 heterocycles. The summed E-state index contributed by atoms with van der Waals surface area (Å²) in [6.07, 6.45) is 1.16. The molecule has 1 fully saturated rings.